The zero-order valence-electron chi connectivity index (χ0n) is 11.0. The van der Waals surface area contributed by atoms with Crippen molar-refractivity contribution in [2.45, 2.75) is 37.3 Å². The number of fused-ring (bicyclic) bond motifs is 1. The second-order valence-corrected chi connectivity index (χ2v) is 5.82. The van der Waals surface area contributed by atoms with Gasteiger partial charge in [0.05, 0.1) is 11.6 Å². The first kappa shape index (κ1) is 12.0. The van der Waals surface area contributed by atoms with E-state index in [0.29, 0.717) is 0 Å². The lowest BCUT2D eigenvalue weighted by atomic mass is 9.85. The molecule has 98 valence electrons. The number of benzene rings is 1. The van der Waals surface area contributed by atoms with E-state index in [4.69, 9.17) is 0 Å². The third kappa shape index (κ3) is 2.13. The van der Waals surface area contributed by atoms with Crippen molar-refractivity contribution in [1.29, 1.82) is 0 Å². The van der Waals surface area contributed by atoms with Crippen molar-refractivity contribution in [3.05, 3.63) is 29.8 Å². The average molecular weight is 246 g/mol. The van der Waals surface area contributed by atoms with Crippen LogP contribution in [-0.2, 0) is 6.42 Å². The highest BCUT2D eigenvalue weighted by Gasteiger charge is 2.40. The van der Waals surface area contributed by atoms with Crippen molar-refractivity contribution in [3.63, 3.8) is 0 Å². The summed E-state index contributed by atoms with van der Waals surface area (Å²) in [6, 6.07) is 8.59. The predicted octanol–water partition coefficient (Wildman–Crippen LogP) is 1.87. The molecule has 0 saturated carbocycles. The Morgan fingerprint density at radius 3 is 2.94 bits per heavy atom. The molecule has 3 nitrogen and oxygen atoms in total. The van der Waals surface area contributed by atoms with Gasteiger partial charge < -0.3 is 15.3 Å². The van der Waals surface area contributed by atoms with Crippen LogP contribution in [0.1, 0.15) is 24.8 Å². The second-order valence-electron chi connectivity index (χ2n) is 5.82. The van der Waals surface area contributed by atoms with E-state index in [-0.39, 0.29) is 6.04 Å². The van der Waals surface area contributed by atoms with Crippen LogP contribution in [0.4, 0.5) is 5.69 Å². The van der Waals surface area contributed by atoms with E-state index in [1.54, 1.807) is 0 Å². The van der Waals surface area contributed by atoms with Crippen LogP contribution in [0.3, 0.4) is 0 Å². The summed E-state index contributed by atoms with van der Waals surface area (Å²) in [6.07, 6.45) is 3.82. The smallest absolute Gasteiger partial charge is 0.0863 e. The van der Waals surface area contributed by atoms with Crippen molar-refractivity contribution < 1.29 is 5.11 Å². The first-order valence-electron chi connectivity index (χ1n) is 6.93. The van der Waals surface area contributed by atoms with E-state index in [0.717, 1.165) is 38.8 Å². The molecule has 2 atom stereocenters. The predicted molar refractivity (Wildman–Crippen MR) is 73.9 cm³/mol. The summed E-state index contributed by atoms with van der Waals surface area (Å²) in [7, 11) is 2.14. The van der Waals surface area contributed by atoms with Gasteiger partial charge in [0, 0.05) is 12.2 Å². The lowest BCUT2D eigenvalue weighted by Crippen LogP contribution is -2.46. The number of para-hydroxylation sites is 1. The molecule has 0 amide bonds. The van der Waals surface area contributed by atoms with Gasteiger partial charge in [-0.05, 0) is 50.9 Å². The zero-order valence-corrected chi connectivity index (χ0v) is 11.0. The topological polar surface area (TPSA) is 35.5 Å². The van der Waals surface area contributed by atoms with E-state index < -0.39 is 5.60 Å². The first-order chi connectivity index (χ1) is 8.67. The minimum atomic E-state index is -0.552. The Hall–Kier alpha value is -1.06. The van der Waals surface area contributed by atoms with Gasteiger partial charge in [0.25, 0.3) is 0 Å². The molecule has 0 spiro atoms. The Morgan fingerprint density at radius 2 is 2.11 bits per heavy atom. The molecule has 1 aromatic rings. The molecule has 0 aromatic heterocycles. The maximum absolute atomic E-state index is 11.0. The Kier molecular flexibility index (Phi) is 3.04. The third-order valence-corrected chi connectivity index (χ3v) is 4.50. The number of likely N-dealkylation sites (tertiary alicyclic amines) is 1. The summed E-state index contributed by atoms with van der Waals surface area (Å²) in [5, 5.41) is 14.5. The number of hydrogen-bond donors (Lipinski definition) is 2. The normalized spacial score (nSPS) is 32.7. The van der Waals surface area contributed by atoms with Gasteiger partial charge in [0.15, 0.2) is 0 Å². The molecule has 2 heterocycles. The third-order valence-electron chi connectivity index (χ3n) is 4.50. The van der Waals surface area contributed by atoms with Crippen LogP contribution in [0.2, 0.25) is 0 Å². The van der Waals surface area contributed by atoms with Gasteiger partial charge in [0.2, 0.25) is 0 Å². The Bertz CT molecular complexity index is 409. The fourth-order valence-corrected chi connectivity index (χ4v) is 3.25. The molecule has 0 bridgehead atoms. The molecule has 0 aliphatic carbocycles. The van der Waals surface area contributed by atoms with Gasteiger partial charge in [-0.1, -0.05) is 18.2 Å². The van der Waals surface area contributed by atoms with Crippen LogP contribution in [0, 0.1) is 0 Å². The highest BCUT2D eigenvalue weighted by molar-refractivity contribution is 5.57. The average Bonchev–Trinajstić information content (AvgIpc) is 2.73. The Labute approximate surface area is 109 Å². The number of hydrogen-bond acceptors (Lipinski definition) is 3. The van der Waals surface area contributed by atoms with E-state index in [1.807, 2.05) is 0 Å². The molecule has 1 fully saturated rings. The Morgan fingerprint density at radius 1 is 1.28 bits per heavy atom. The number of aliphatic hydroxyl groups is 1. The zero-order chi connectivity index (χ0) is 12.6. The van der Waals surface area contributed by atoms with Crippen LogP contribution in [0.15, 0.2) is 24.3 Å². The molecule has 3 heteroatoms. The lowest BCUT2D eigenvalue weighted by Gasteiger charge is -2.33. The number of anilines is 1. The minimum Gasteiger partial charge on any atom is -0.388 e. The standard InChI is InChI=1S/C15H22N2O/c1-17-9-4-7-15(18,8-10-17)14-11-12-5-2-3-6-13(12)16-14/h2-3,5-6,14,16,18H,4,7-11H2,1H3. The lowest BCUT2D eigenvalue weighted by molar-refractivity contribution is 0.00900. The molecule has 2 N–H and O–H groups in total. The molecular weight excluding hydrogens is 224 g/mol. The van der Waals surface area contributed by atoms with Gasteiger partial charge in [0.1, 0.15) is 0 Å². The summed E-state index contributed by atoms with van der Waals surface area (Å²) in [5.74, 6) is 0. The molecule has 2 unspecified atom stereocenters. The molecule has 1 saturated heterocycles. The maximum atomic E-state index is 11.0. The molecule has 0 radical (unpaired) electrons. The molecule has 3 rings (SSSR count). The van der Waals surface area contributed by atoms with E-state index in [9.17, 15) is 5.11 Å². The van der Waals surface area contributed by atoms with Crippen molar-refractivity contribution in [1.82, 2.24) is 4.90 Å². The van der Waals surface area contributed by atoms with Gasteiger partial charge in [-0.3, -0.25) is 0 Å². The minimum absolute atomic E-state index is 0.182. The molecule has 1 aromatic carbocycles. The van der Waals surface area contributed by atoms with Gasteiger partial charge in [-0.15, -0.1) is 0 Å². The highest BCUT2D eigenvalue weighted by atomic mass is 16.3. The highest BCUT2D eigenvalue weighted by Crippen LogP contribution is 2.35. The van der Waals surface area contributed by atoms with Gasteiger partial charge >= 0.3 is 0 Å². The Balaban J connectivity index is 1.76. The molecule has 2 aliphatic rings. The van der Waals surface area contributed by atoms with E-state index in [2.05, 4.69) is 41.5 Å². The van der Waals surface area contributed by atoms with Gasteiger partial charge in [-0.2, -0.15) is 0 Å². The second kappa shape index (κ2) is 4.56. The molecule has 2 aliphatic heterocycles. The fraction of sp³-hybridized carbons (Fsp3) is 0.600. The maximum Gasteiger partial charge on any atom is 0.0863 e. The summed E-state index contributed by atoms with van der Waals surface area (Å²) in [6.45, 7) is 2.09. The van der Waals surface area contributed by atoms with Gasteiger partial charge in [-0.25, -0.2) is 0 Å². The summed E-state index contributed by atoms with van der Waals surface area (Å²) in [4.78, 5) is 2.32. The van der Waals surface area contributed by atoms with E-state index in [1.165, 1.54) is 11.3 Å². The fourth-order valence-electron chi connectivity index (χ4n) is 3.25. The first-order valence-corrected chi connectivity index (χ1v) is 6.93. The van der Waals surface area contributed by atoms with Crippen LogP contribution < -0.4 is 5.32 Å². The number of nitrogens with zero attached hydrogens (tertiary/aromatic N) is 1. The summed E-state index contributed by atoms with van der Waals surface area (Å²) >= 11 is 0. The van der Waals surface area contributed by atoms with Crippen LogP contribution in [0.5, 0.6) is 0 Å². The van der Waals surface area contributed by atoms with Crippen molar-refractivity contribution in [2.75, 3.05) is 25.5 Å². The molecule has 18 heavy (non-hydrogen) atoms. The monoisotopic (exact) mass is 246 g/mol. The van der Waals surface area contributed by atoms with E-state index >= 15 is 0 Å². The summed E-state index contributed by atoms with van der Waals surface area (Å²) in [5.41, 5.74) is 1.99. The van der Waals surface area contributed by atoms with Crippen LogP contribution >= 0.6 is 0 Å². The van der Waals surface area contributed by atoms with Crippen molar-refractivity contribution >= 4 is 5.69 Å². The summed E-state index contributed by atoms with van der Waals surface area (Å²) < 4.78 is 0. The van der Waals surface area contributed by atoms with Crippen LogP contribution in [-0.4, -0.2) is 41.8 Å². The number of rotatable bonds is 1. The van der Waals surface area contributed by atoms with Crippen molar-refractivity contribution in [2.24, 2.45) is 0 Å². The van der Waals surface area contributed by atoms with Crippen LogP contribution in [0.25, 0.3) is 0 Å². The van der Waals surface area contributed by atoms with Crippen molar-refractivity contribution in [3.8, 4) is 0 Å². The largest absolute Gasteiger partial charge is 0.388 e. The quantitative estimate of drug-likeness (QED) is 0.794. The molecular formula is C15H22N2O. The number of nitrogens with one attached hydrogen (secondary N) is 1. The SMILES string of the molecule is CN1CCCC(O)(C2Cc3ccccc3N2)CC1.